The summed E-state index contributed by atoms with van der Waals surface area (Å²) in [5, 5.41) is 0. The minimum absolute atomic E-state index is 0.170. The summed E-state index contributed by atoms with van der Waals surface area (Å²) in [7, 11) is -1.91. The Labute approximate surface area is 183 Å². The lowest BCUT2D eigenvalue weighted by molar-refractivity contribution is 0.0992. The Balaban J connectivity index is 1.84. The van der Waals surface area contributed by atoms with Gasteiger partial charge in [0.2, 0.25) is 10.0 Å². The maximum absolute atomic E-state index is 13.1. The number of ether oxygens (including phenoxy) is 1. The van der Waals surface area contributed by atoms with Gasteiger partial charge in [-0.1, -0.05) is 44.2 Å². The SMILES string of the molecule is CCN(CC)S(=O)(=O)c1ccc(C(=O)N(C)c2ccccc2Oc2ccccc2)cc1. The lowest BCUT2D eigenvalue weighted by Gasteiger charge is -2.21. The summed E-state index contributed by atoms with van der Waals surface area (Å²) < 4.78 is 32.7. The molecule has 0 fully saturated rings. The molecule has 162 valence electrons. The van der Waals surface area contributed by atoms with Crippen molar-refractivity contribution in [2.45, 2.75) is 18.7 Å². The normalized spacial score (nSPS) is 11.4. The zero-order chi connectivity index (χ0) is 22.4. The number of hydrogen-bond donors (Lipinski definition) is 0. The molecule has 3 aromatic rings. The van der Waals surface area contributed by atoms with Gasteiger partial charge in [0.25, 0.3) is 5.91 Å². The van der Waals surface area contributed by atoms with Gasteiger partial charge in [-0.2, -0.15) is 4.31 Å². The van der Waals surface area contributed by atoms with Gasteiger partial charge in [0, 0.05) is 25.7 Å². The van der Waals surface area contributed by atoms with Gasteiger partial charge in [0.1, 0.15) is 5.75 Å². The Morgan fingerprint density at radius 3 is 2.03 bits per heavy atom. The van der Waals surface area contributed by atoms with E-state index in [1.807, 2.05) is 42.5 Å². The minimum atomic E-state index is -3.57. The van der Waals surface area contributed by atoms with Gasteiger partial charge in [-0.05, 0) is 48.5 Å². The number of amides is 1. The van der Waals surface area contributed by atoms with Crippen LogP contribution in [-0.4, -0.2) is 38.8 Å². The molecule has 0 aliphatic heterocycles. The molecule has 0 atom stereocenters. The second-order valence-corrected chi connectivity index (χ2v) is 8.80. The fraction of sp³-hybridized carbons (Fsp3) is 0.208. The van der Waals surface area contributed by atoms with Gasteiger partial charge in [-0.25, -0.2) is 8.42 Å². The second kappa shape index (κ2) is 9.76. The van der Waals surface area contributed by atoms with E-state index in [1.165, 1.54) is 33.5 Å². The van der Waals surface area contributed by atoms with E-state index >= 15 is 0 Å². The van der Waals surface area contributed by atoms with E-state index in [9.17, 15) is 13.2 Å². The molecule has 0 N–H and O–H groups in total. The molecule has 0 saturated heterocycles. The Hall–Kier alpha value is -3.16. The molecule has 0 heterocycles. The van der Waals surface area contributed by atoms with Crippen LogP contribution in [0.2, 0.25) is 0 Å². The lowest BCUT2D eigenvalue weighted by atomic mass is 10.2. The van der Waals surface area contributed by atoms with Gasteiger partial charge in [-0.15, -0.1) is 0 Å². The molecule has 0 saturated carbocycles. The standard InChI is InChI=1S/C24H26N2O4S/c1-4-26(5-2)31(28,29)21-17-15-19(16-18-21)24(27)25(3)22-13-9-10-14-23(22)30-20-11-7-6-8-12-20/h6-18H,4-5H2,1-3H3. The summed E-state index contributed by atoms with van der Waals surface area (Å²) in [5.74, 6) is 0.947. The van der Waals surface area contributed by atoms with Crippen LogP contribution in [0.25, 0.3) is 0 Å². The van der Waals surface area contributed by atoms with Crippen LogP contribution in [0.1, 0.15) is 24.2 Å². The number of nitrogens with zero attached hydrogens (tertiary/aromatic N) is 2. The molecule has 1 amide bonds. The molecule has 0 radical (unpaired) electrons. The summed E-state index contributed by atoms with van der Waals surface area (Å²) >= 11 is 0. The maximum Gasteiger partial charge on any atom is 0.258 e. The number of carbonyl (C=O) groups excluding carboxylic acids is 1. The van der Waals surface area contributed by atoms with Crippen molar-refractivity contribution in [1.82, 2.24) is 4.31 Å². The van der Waals surface area contributed by atoms with E-state index in [0.29, 0.717) is 35.8 Å². The molecule has 0 aliphatic carbocycles. The zero-order valence-corrected chi connectivity index (χ0v) is 18.7. The number of benzene rings is 3. The predicted octanol–water partition coefficient (Wildman–Crippen LogP) is 4.79. The van der Waals surface area contributed by atoms with E-state index < -0.39 is 10.0 Å². The lowest BCUT2D eigenvalue weighted by Crippen LogP contribution is -2.30. The highest BCUT2D eigenvalue weighted by Crippen LogP contribution is 2.32. The van der Waals surface area contributed by atoms with Crippen molar-refractivity contribution in [3.63, 3.8) is 0 Å². The summed E-state index contributed by atoms with van der Waals surface area (Å²) in [6, 6.07) is 22.6. The molecule has 31 heavy (non-hydrogen) atoms. The van der Waals surface area contributed by atoms with Crippen LogP contribution < -0.4 is 9.64 Å². The number of anilines is 1. The van der Waals surface area contributed by atoms with Crippen LogP contribution in [0.5, 0.6) is 11.5 Å². The van der Waals surface area contributed by atoms with E-state index in [2.05, 4.69) is 0 Å². The Morgan fingerprint density at radius 2 is 1.42 bits per heavy atom. The quantitative estimate of drug-likeness (QED) is 0.507. The summed E-state index contributed by atoms with van der Waals surface area (Å²) in [6.07, 6.45) is 0. The predicted molar refractivity (Wildman–Crippen MR) is 122 cm³/mol. The number of hydrogen-bond acceptors (Lipinski definition) is 4. The second-order valence-electron chi connectivity index (χ2n) is 6.86. The first-order chi connectivity index (χ1) is 14.9. The van der Waals surface area contributed by atoms with Crippen LogP contribution in [0.15, 0.2) is 83.8 Å². The van der Waals surface area contributed by atoms with Crippen molar-refractivity contribution in [2.24, 2.45) is 0 Å². The van der Waals surface area contributed by atoms with Crippen LogP contribution in [0.4, 0.5) is 5.69 Å². The van der Waals surface area contributed by atoms with Crippen molar-refractivity contribution in [2.75, 3.05) is 25.0 Å². The Kier molecular flexibility index (Phi) is 7.09. The average Bonchev–Trinajstić information content (AvgIpc) is 2.80. The Bertz CT molecular complexity index is 1130. The summed E-state index contributed by atoms with van der Waals surface area (Å²) in [4.78, 5) is 14.7. The largest absolute Gasteiger partial charge is 0.455 e. The fourth-order valence-corrected chi connectivity index (χ4v) is 4.68. The molecule has 3 aromatic carbocycles. The third kappa shape index (κ3) is 4.95. The first kappa shape index (κ1) is 22.5. The molecule has 0 aromatic heterocycles. The zero-order valence-electron chi connectivity index (χ0n) is 17.9. The van der Waals surface area contributed by atoms with Crippen LogP contribution in [-0.2, 0) is 10.0 Å². The molecule has 3 rings (SSSR count). The number of sulfonamides is 1. The van der Waals surface area contributed by atoms with E-state index in [4.69, 9.17) is 4.74 Å². The highest BCUT2D eigenvalue weighted by Gasteiger charge is 2.23. The van der Waals surface area contributed by atoms with Crippen LogP contribution >= 0.6 is 0 Å². The van der Waals surface area contributed by atoms with Crippen LogP contribution in [0.3, 0.4) is 0 Å². The van der Waals surface area contributed by atoms with Crippen molar-refractivity contribution < 1.29 is 17.9 Å². The monoisotopic (exact) mass is 438 g/mol. The molecule has 6 nitrogen and oxygen atoms in total. The van der Waals surface area contributed by atoms with Gasteiger partial charge >= 0.3 is 0 Å². The number of rotatable bonds is 8. The summed E-state index contributed by atoms with van der Waals surface area (Å²) in [5.41, 5.74) is 0.992. The third-order valence-corrected chi connectivity index (χ3v) is 7.01. The van der Waals surface area contributed by atoms with E-state index in [-0.39, 0.29) is 10.8 Å². The topological polar surface area (TPSA) is 66.9 Å². The minimum Gasteiger partial charge on any atom is -0.455 e. The third-order valence-electron chi connectivity index (χ3n) is 4.95. The van der Waals surface area contributed by atoms with Gasteiger partial charge < -0.3 is 9.64 Å². The van der Waals surface area contributed by atoms with Crippen LogP contribution in [0, 0.1) is 0 Å². The molecular weight excluding hydrogens is 412 g/mol. The van der Waals surface area contributed by atoms with Crippen molar-refractivity contribution in [1.29, 1.82) is 0 Å². The van der Waals surface area contributed by atoms with Crippen molar-refractivity contribution in [3.8, 4) is 11.5 Å². The van der Waals surface area contributed by atoms with Gasteiger partial charge in [0.15, 0.2) is 5.75 Å². The van der Waals surface area contributed by atoms with E-state index in [1.54, 1.807) is 33.0 Å². The number of para-hydroxylation sites is 3. The molecular formula is C24H26N2O4S. The smallest absolute Gasteiger partial charge is 0.258 e. The highest BCUT2D eigenvalue weighted by molar-refractivity contribution is 7.89. The number of carbonyl (C=O) groups is 1. The van der Waals surface area contributed by atoms with Gasteiger partial charge in [0.05, 0.1) is 10.6 Å². The first-order valence-electron chi connectivity index (χ1n) is 10.1. The molecule has 7 heteroatoms. The van der Waals surface area contributed by atoms with E-state index in [0.717, 1.165) is 0 Å². The van der Waals surface area contributed by atoms with Gasteiger partial charge in [-0.3, -0.25) is 4.79 Å². The molecule has 0 aliphatic rings. The maximum atomic E-state index is 13.1. The fourth-order valence-electron chi connectivity index (χ4n) is 3.22. The first-order valence-corrected chi connectivity index (χ1v) is 11.5. The van der Waals surface area contributed by atoms with Crippen molar-refractivity contribution in [3.05, 3.63) is 84.4 Å². The highest BCUT2D eigenvalue weighted by atomic mass is 32.2. The van der Waals surface area contributed by atoms with Crippen molar-refractivity contribution >= 4 is 21.6 Å². The summed E-state index contributed by atoms with van der Waals surface area (Å²) in [6.45, 7) is 4.37. The average molecular weight is 439 g/mol. The molecule has 0 unspecified atom stereocenters. The molecule has 0 spiro atoms. The Morgan fingerprint density at radius 1 is 0.839 bits per heavy atom. The molecule has 0 bridgehead atoms.